The van der Waals surface area contributed by atoms with Crippen LogP contribution in [-0.2, 0) is 0 Å². The van der Waals surface area contributed by atoms with Gasteiger partial charge in [-0.05, 0) is 81.9 Å². The monoisotopic (exact) mass is 946 g/mol. The first kappa shape index (κ1) is 58.0. The summed E-state index contributed by atoms with van der Waals surface area (Å²) >= 11 is 0. The highest BCUT2D eigenvalue weighted by molar-refractivity contribution is 6.79. The van der Waals surface area contributed by atoms with Crippen LogP contribution >= 0.6 is 0 Å². The van der Waals surface area contributed by atoms with Gasteiger partial charge in [0, 0.05) is 16.2 Å². The summed E-state index contributed by atoms with van der Waals surface area (Å²) in [5, 5.41) is 0.524. The molecule has 11 rings (SSSR count). The minimum Gasteiger partial charge on any atom is -0.456 e. The van der Waals surface area contributed by atoms with Gasteiger partial charge in [0.05, 0.1) is 0 Å². The van der Waals surface area contributed by atoms with Crippen molar-refractivity contribution in [1.29, 1.82) is 0 Å². The van der Waals surface area contributed by atoms with Crippen molar-refractivity contribution in [3.05, 3.63) is 0 Å². The van der Waals surface area contributed by atoms with E-state index in [-0.39, 0.29) is 273 Å². The van der Waals surface area contributed by atoms with Crippen LogP contribution in [0.5, 0.6) is 0 Å². The first-order valence-corrected chi connectivity index (χ1v) is 23.8. The Kier molecular flexibility index (Phi) is 13.9. The minimum absolute atomic E-state index is 0.0123. The highest BCUT2D eigenvalue weighted by Crippen LogP contribution is 2.42. The van der Waals surface area contributed by atoms with Crippen LogP contribution in [0.15, 0.2) is 4.42 Å². The Hall–Kier alpha value is -4.75. The molecule has 0 unspecified atom stereocenters. The van der Waals surface area contributed by atoms with Gasteiger partial charge in [-0.3, -0.25) is 0 Å². The smallest absolute Gasteiger partial charge is 0.141 e. The van der Waals surface area contributed by atoms with Crippen molar-refractivity contribution in [3.8, 4) is 33.4 Å². The fraction of sp³-hybridized carbons (Fsp3) is 0. The summed E-state index contributed by atoms with van der Waals surface area (Å²) in [7, 11) is 205. The van der Waals surface area contributed by atoms with E-state index in [1.165, 1.54) is 0 Å². The molecule has 0 amide bonds. The Morgan fingerprint density at radius 1 is 0.111 bits per heavy atom. The van der Waals surface area contributed by atoms with Crippen LogP contribution in [0.4, 0.5) is 0 Å². The Morgan fingerprint density at radius 3 is 0.667 bits per heavy atom. The van der Waals surface area contributed by atoms with Crippen LogP contribution in [0.25, 0.3) is 109 Å². The Morgan fingerprint density at radius 2 is 0.296 bits per heavy atom. The van der Waals surface area contributed by atoms with E-state index in [0.717, 1.165) is 0 Å². The van der Waals surface area contributed by atoms with Crippen LogP contribution in [0.1, 0.15) is 0 Å². The maximum absolute atomic E-state index is 7.38. The zero-order valence-electron chi connectivity index (χ0n) is 42.7. The lowest BCUT2D eigenvalue weighted by Gasteiger charge is -2.33. The molecule has 81 heavy (non-hydrogen) atoms. The Labute approximate surface area is 509 Å². The standard InChI is InChI=1S/C50B30O/c51-19-3(8-9(26(58)43(75)42(74)25(8)57)10-12(19)33(65)45(77)44(76)27(10)59)1-4-6(23(55)40(72)38(70)21(4)53)2(7-5(1)22(54)39(71)41(73)24(7)56)11-28(60)30(62)14(31(63)29(11)61)13-20(52)17-18-36(68)32(64)15-16(37(69)47(79)46(78)34(15)66)49(18)81-50(17)48(80)35(13)67. The highest BCUT2D eigenvalue weighted by atomic mass is 16.3. The molecule has 0 aliphatic rings. The third kappa shape index (κ3) is 7.30. The second-order valence-electron chi connectivity index (χ2n) is 19.9. The molecule has 0 fully saturated rings. The fourth-order valence-corrected chi connectivity index (χ4v) is 11.8. The van der Waals surface area contributed by atoms with E-state index in [9.17, 15) is 0 Å². The molecule has 10 aromatic carbocycles. The van der Waals surface area contributed by atoms with Crippen LogP contribution in [0, 0.1) is 0 Å². The van der Waals surface area contributed by atoms with Crippen LogP contribution < -0.4 is 164 Å². The van der Waals surface area contributed by atoms with Crippen molar-refractivity contribution < 1.29 is 4.42 Å². The van der Waals surface area contributed by atoms with E-state index in [4.69, 9.17) is 240 Å². The van der Waals surface area contributed by atoms with Crippen molar-refractivity contribution in [2.75, 3.05) is 0 Å². The lowest BCUT2D eigenvalue weighted by molar-refractivity contribution is 0.676. The van der Waals surface area contributed by atoms with E-state index >= 15 is 0 Å². The maximum atomic E-state index is 7.38. The van der Waals surface area contributed by atoms with Crippen molar-refractivity contribution in [2.24, 2.45) is 0 Å². The van der Waals surface area contributed by atoms with Gasteiger partial charge >= 0.3 is 0 Å². The molecule has 1 aromatic heterocycles. The normalized spacial score (nSPS) is 12.0. The molecule has 60 radical (unpaired) electrons. The third-order valence-corrected chi connectivity index (χ3v) is 16.0. The van der Waals surface area contributed by atoms with Gasteiger partial charge in [0.1, 0.15) is 247 Å². The molecule has 0 atom stereocenters. The molecule has 31 heteroatoms. The predicted octanol–water partition coefficient (Wildman–Crippen LogP) is -21.8. The van der Waals surface area contributed by atoms with Gasteiger partial charge in [-0.15, -0.1) is 54.6 Å². The number of hydrogen-bond acceptors (Lipinski definition) is 1. The van der Waals surface area contributed by atoms with Gasteiger partial charge in [-0.1, -0.05) is 109 Å². The maximum Gasteiger partial charge on any atom is 0.141 e. The summed E-state index contributed by atoms with van der Waals surface area (Å²) in [6.07, 6.45) is 0. The zero-order chi connectivity index (χ0) is 59.6. The average molecular weight is 941 g/mol. The molecule has 0 saturated heterocycles. The highest BCUT2D eigenvalue weighted by Gasteiger charge is 2.32. The van der Waals surface area contributed by atoms with E-state index in [1.54, 1.807) is 0 Å². The molecule has 0 N–H and O–H groups in total. The van der Waals surface area contributed by atoms with Gasteiger partial charge in [0.25, 0.3) is 0 Å². The molecule has 1 nitrogen and oxygen atoms in total. The fourth-order valence-electron chi connectivity index (χ4n) is 11.8. The van der Waals surface area contributed by atoms with E-state index in [0.29, 0.717) is 0 Å². The molecular formula is C50B30O. The van der Waals surface area contributed by atoms with E-state index < -0.39 is 0 Å². The molecule has 0 aliphatic heterocycles. The van der Waals surface area contributed by atoms with Gasteiger partial charge in [-0.2, -0.15) is 0 Å². The topological polar surface area (TPSA) is 13.1 Å². The predicted molar refractivity (Wildman–Crippen MR) is 379 cm³/mol. The molecule has 296 valence electrons. The van der Waals surface area contributed by atoms with Crippen molar-refractivity contribution in [2.45, 2.75) is 0 Å². The molecule has 11 aromatic rings. The molecule has 0 spiro atoms. The second-order valence-corrected chi connectivity index (χ2v) is 19.9. The number of furan rings is 1. The van der Waals surface area contributed by atoms with Crippen molar-refractivity contribution in [3.63, 3.8) is 0 Å². The Bertz CT molecular complexity index is 4820. The average Bonchev–Trinajstić information content (AvgIpc) is 4.03. The zero-order valence-corrected chi connectivity index (χ0v) is 42.7. The van der Waals surface area contributed by atoms with Gasteiger partial charge in [0.15, 0.2) is 0 Å². The van der Waals surface area contributed by atoms with Crippen molar-refractivity contribution >= 4 is 475 Å². The first-order chi connectivity index (χ1) is 37.8. The van der Waals surface area contributed by atoms with Crippen LogP contribution in [0.2, 0.25) is 0 Å². The van der Waals surface area contributed by atoms with Crippen molar-refractivity contribution in [1.82, 2.24) is 0 Å². The van der Waals surface area contributed by atoms with E-state index in [1.807, 2.05) is 0 Å². The van der Waals surface area contributed by atoms with Crippen LogP contribution in [-0.4, -0.2) is 235 Å². The second kappa shape index (κ2) is 19.4. The number of rotatable bonds is 3. The number of fused-ring (bicyclic) bond motifs is 10. The van der Waals surface area contributed by atoms with Gasteiger partial charge in [-0.25, -0.2) is 0 Å². The summed E-state index contributed by atoms with van der Waals surface area (Å²) in [5.41, 5.74) is -5.51. The number of benzene rings is 10. The molecule has 0 aliphatic carbocycles. The lowest BCUT2D eigenvalue weighted by atomic mass is 9.55. The minimum atomic E-state index is -0.304. The third-order valence-electron chi connectivity index (χ3n) is 16.0. The summed E-state index contributed by atoms with van der Waals surface area (Å²) in [5.74, 6) is 0. The van der Waals surface area contributed by atoms with Gasteiger partial charge in [0.2, 0.25) is 0 Å². The summed E-state index contributed by atoms with van der Waals surface area (Å²) in [6, 6.07) is 0. The van der Waals surface area contributed by atoms with Crippen LogP contribution in [0.3, 0.4) is 0 Å². The SMILES string of the molecule is [B]c1c([B])c(-c2c3c([B])c([B])c([B])c([B])c3c(-c3c([B])c4c([B])c([B])c([B])c([B])c4c4c([B])c([B])c([B])c([B])c34)c3c([B])c([B])c([B])c([B])c23)c([B])c([B])c1-c1c([B])c([B])c2oc3c4c([B])c([B])c([B])c([B])c4c([B])c([B])c3c2c1[B]. The number of hydrogen-bond donors (Lipinski definition) is 0. The Balaban J connectivity index is 1.36. The quantitative estimate of drug-likeness (QED) is 0.0977. The molecular weight excluding hydrogens is 941 g/mol. The summed E-state index contributed by atoms with van der Waals surface area (Å²) < 4.78 is 6.40. The first-order valence-electron chi connectivity index (χ1n) is 23.8. The molecule has 0 bridgehead atoms. The molecule has 0 saturated carbocycles. The summed E-state index contributed by atoms with van der Waals surface area (Å²) in [4.78, 5) is 0. The van der Waals surface area contributed by atoms with E-state index in [2.05, 4.69) is 0 Å². The summed E-state index contributed by atoms with van der Waals surface area (Å²) in [6.45, 7) is 0. The molecule has 1 heterocycles. The van der Waals surface area contributed by atoms with Gasteiger partial charge < -0.3 is 4.42 Å². The largest absolute Gasteiger partial charge is 0.456 e. The lowest BCUT2D eigenvalue weighted by Crippen LogP contribution is -2.52.